The molecule has 5 heteroatoms. The van der Waals surface area contributed by atoms with Gasteiger partial charge in [-0.1, -0.05) is 24.4 Å². The zero-order valence-electron chi connectivity index (χ0n) is 9.32. The fraction of sp³-hybridized carbons (Fsp3) is 0.636. The van der Waals surface area contributed by atoms with E-state index in [0.717, 1.165) is 12.8 Å². The molecule has 16 heavy (non-hydrogen) atoms. The maximum atomic E-state index is 11.9. The molecule has 2 rings (SSSR count). The number of nitrogens with zero attached hydrogens (tertiary/aromatic N) is 2. The van der Waals surface area contributed by atoms with Crippen molar-refractivity contribution in [3.8, 4) is 0 Å². The third-order valence-electron chi connectivity index (χ3n) is 3.05. The summed E-state index contributed by atoms with van der Waals surface area (Å²) in [5, 5.41) is 7.63. The SMILES string of the molecule is CC(C(=O)NC1CCCC1)n1cc(Cl)cn1. The summed E-state index contributed by atoms with van der Waals surface area (Å²) in [5.74, 6) is 0.0201. The van der Waals surface area contributed by atoms with Gasteiger partial charge in [-0.15, -0.1) is 0 Å². The van der Waals surface area contributed by atoms with Crippen LogP contribution in [-0.2, 0) is 4.79 Å². The molecule has 88 valence electrons. The third-order valence-corrected chi connectivity index (χ3v) is 3.24. The lowest BCUT2D eigenvalue weighted by atomic mass is 10.2. The summed E-state index contributed by atoms with van der Waals surface area (Å²) in [6.45, 7) is 1.83. The largest absolute Gasteiger partial charge is 0.352 e. The van der Waals surface area contributed by atoms with Crippen LogP contribution in [0.25, 0.3) is 0 Å². The molecule has 0 aliphatic heterocycles. The van der Waals surface area contributed by atoms with Crippen LogP contribution < -0.4 is 5.32 Å². The summed E-state index contributed by atoms with van der Waals surface area (Å²) in [6, 6.07) is 0.0501. The second-order valence-corrected chi connectivity index (χ2v) is 4.74. The van der Waals surface area contributed by atoms with Gasteiger partial charge in [0.25, 0.3) is 0 Å². The molecule has 1 aliphatic rings. The molecule has 1 N–H and O–H groups in total. The highest BCUT2D eigenvalue weighted by Crippen LogP contribution is 2.19. The first-order valence-corrected chi connectivity index (χ1v) is 6.04. The summed E-state index contributed by atoms with van der Waals surface area (Å²) in [4.78, 5) is 11.9. The van der Waals surface area contributed by atoms with Gasteiger partial charge in [0.2, 0.25) is 5.91 Å². The molecule has 1 aromatic heterocycles. The van der Waals surface area contributed by atoms with E-state index in [2.05, 4.69) is 10.4 Å². The average molecular weight is 242 g/mol. The van der Waals surface area contributed by atoms with Crippen molar-refractivity contribution in [3.63, 3.8) is 0 Å². The highest BCUT2D eigenvalue weighted by Gasteiger charge is 2.21. The molecule has 1 aliphatic carbocycles. The van der Waals surface area contributed by atoms with E-state index in [1.165, 1.54) is 12.8 Å². The van der Waals surface area contributed by atoms with Crippen molar-refractivity contribution >= 4 is 17.5 Å². The second-order valence-electron chi connectivity index (χ2n) is 4.30. The number of rotatable bonds is 3. The number of hydrogen-bond acceptors (Lipinski definition) is 2. The number of amides is 1. The molecule has 1 atom stereocenters. The minimum atomic E-state index is -0.298. The Morgan fingerprint density at radius 3 is 2.88 bits per heavy atom. The number of carbonyl (C=O) groups is 1. The Hall–Kier alpha value is -1.03. The van der Waals surface area contributed by atoms with Gasteiger partial charge in [-0.25, -0.2) is 0 Å². The van der Waals surface area contributed by atoms with Gasteiger partial charge in [0, 0.05) is 12.2 Å². The van der Waals surface area contributed by atoms with Gasteiger partial charge in [0.05, 0.1) is 11.2 Å². The molecule has 0 spiro atoms. The molecule has 0 saturated heterocycles. The minimum Gasteiger partial charge on any atom is -0.352 e. The van der Waals surface area contributed by atoms with Gasteiger partial charge in [0.15, 0.2) is 0 Å². The molecule has 1 fully saturated rings. The van der Waals surface area contributed by atoms with Gasteiger partial charge >= 0.3 is 0 Å². The van der Waals surface area contributed by atoms with E-state index in [1.807, 2.05) is 6.92 Å². The molecule has 0 aromatic carbocycles. The van der Waals surface area contributed by atoms with E-state index >= 15 is 0 Å². The first-order valence-electron chi connectivity index (χ1n) is 5.67. The summed E-state index contributed by atoms with van der Waals surface area (Å²) in [6.07, 6.45) is 7.83. The monoisotopic (exact) mass is 241 g/mol. The number of aromatic nitrogens is 2. The fourth-order valence-corrected chi connectivity index (χ4v) is 2.18. The Morgan fingerprint density at radius 2 is 2.31 bits per heavy atom. The predicted octanol–water partition coefficient (Wildman–Crippen LogP) is 2.16. The zero-order chi connectivity index (χ0) is 11.5. The quantitative estimate of drug-likeness (QED) is 0.882. The molecule has 1 unspecified atom stereocenters. The number of halogens is 1. The number of hydrogen-bond donors (Lipinski definition) is 1. The van der Waals surface area contributed by atoms with Crippen LogP contribution in [0.3, 0.4) is 0 Å². The first kappa shape index (κ1) is 11.5. The maximum Gasteiger partial charge on any atom is 0.244 e. The van der Waals surface area contributed by atoms with E-state index in [-0.39, 0.29) is 11.9 Å². The van der Waals surface area contributed by atoms with Crippen LogP contribution in [0, 0.1) is 0 Å². The number of carbonyl (C=O) groups excluding carboxylic acids is 1. The smallest absolute Gasteiger partial charge is 0.244 e. The van der Waals surface area contributed by atoms with Gasteiger partial charge < -0.3 is 5.32 Å². The first-order chi connectivity index (χ1) is 7.66. The Labute approximate surface area is 100.0 Å². The lowest BCUT2D eigenvalue weighted by molar-refractivity contribution is -0.124. The van der Waals surface area contributed by atoms with Crippen molar-refractivity contribution in [1.29, 1.82) is 0 Å². The Kier molecular flexibility index (Phi) is 3.49. The molecule has 1 aromatic rings. The van der Waals surface area contributed by atoms with Gasteiger partial charge in [-0.05, 0) is 19.8 Å². The van der Waals surface area contributed by atoms with Gasteiger partial charge in [-0.3, -0.25) is 9.48 Å². The number of nitrogens with one attached hydrogen (secondary N) is 1. The van der Waals surface area contributed by atoms with Crippen LogP contribution in [0.2, 0.25) is 5.02 Å². The molecular weight excluding hydrogens is 226 g/mol. The molecule has 1 saturated carbocycles. The molecular formula is C11H16ClN3O. The lowest BCUT2D eigenvalue weighted by Gasteiger charge is -2.16. The normalized spacial score (nSPS) is 18.6. The highest BCUT2D eigenvalue weighted by molar-refractivity contribution is 6.30. The molecule has 1 heterocycles. The van der Waals surface area contributed by atoms with E-state index in [9.17, 15) is 4.79 Å². The molecule has 4 nitrogen and oxygen atoms in total. The van der Waals surface area contributed by atoms with Crippen LogP contribution in [-0.4, -0.2) is 21.7 Å². The van der Waals surface area contributed by atoms with E-state index in [1.54, 1.807) is 17.1 Å². The van der Waals surface area contributed by atoms with Crippen molar-refractivity contribution in [2.24, 2.45) is 0 Å². The second kappa shape index (κ2) is 4.87. The van der Waals surface area contributed by atoms with E-state index in [4.69, 9.17) is 11.6 Å². The predicted molar refractivity (Wildman–Crippen MR) is 62.3 cm³/mol. The molecule has 0 bridgehead atoms. The summed E-state index contributed by atoms with van der Waals surface area (Å²) >= 11 is 5.76. The van der Waals surface area contributed by atoms with Crippen LogP contribution in [0.4, 0.5) is 0 Å². The lowest BCUT2D eigenvalue weighted by Crippen LogP contribution is -2.37. The maximum absolute atomic E-state index is 11.9. The standard InChI is InChI=1S/C11H16ClN3O/c1-8(15-7-9(12)6-13-15)11(16)14-10-4-2-3-5-10/h6-8,10H,2-5H2,1H3,(H,14,16). The molecule has 0 radical (unpaired) electrons. The van der Waals surface area contributed by atoms with Gasteiger partial charge in [0.1, 0.15) is 6.04 Å². The Balaban J connectivity index is 1.93. The van der Waals surface area contributed by atoms with Crippen LogP contribution >= 0.6 is 11.6 Å². The van der Waals surface area contributed by atoms with E-state index < -0.39 is 0 Å². The van der Waals surface area contributed by atoms with Crippen LogP contribution in [0.15, 0.2) is 12.4 Å². The minimum absolute atomic E-state index is 0.0201. The zero-order valence-corrected chi connectivity index (χ0v) is 10.1. The van der Waals surface area contributed by atoms with Gasteiger partial charge in [-0.2, -0.15) is 5.10 Å². The Morgan fingerprint density at radius 1 is 1.62 bits per heavy atom. The Bertz CT molecular complexity index is 371. The molecule has 1 amide bonds. The average Bonchev–Trinajstić information content (AvgIpc) is 2.88. The van der Waals surface area contributed by atoms with Crippen molar-refractivity contribution in [1.82, 2.24) is 15.1 Å². The summed E-state index contributed by atoms with van der Waals surface area (Å²) in [5.41, 5.74) is 0. The topological polar surface area (TPSA) is 46.9 Å². The highest BCUT2D eigenvalue weighted by atomic mass is 35.5. The third kappa shape index (κ3) is 2.55. The fourth-order valence-electron chi connectivity index (χ4n) is 2.04. The van der Waals surface area contributed by atoms with Crippen LogP contribution in [0.1, 0.15) is 38.6 Å². The van der Waals surface area contributed by atoms with Crippen LogP contribution in [0.5, 0.6) is 0 Å². The summed E-state index contributed by atoms with van der Waals surface area (Å²) in [7, 11) is 0. The van der Waals surface area contributed by atoms with Crippen molar-refractivity contribution in [3.05, 3.63) is 17.4 Å². The van der Waals surface area contributed by atoms with Crippen molar-refractivity contribution in [2.45, 2.75) is 44.7 Å². The van der Waals surface area contributed by atoms with Crippen molar-refractivity contribution < 1.29 is 4.79 Å². The summed E-state index contributed by atoms with van der Waals surface area (Å²) < 4.78 is 1.59. The van der Waals surface area contributed by atoms with E-state index in [0.29, 0.717) is 11.1 Å². The van der Waals surface area contributed by atoms with Crippen molar-refractivity contribution in [2.75, 3.05) is 0 Å².